The summed E-state index contributed by atoms with van der Waals surface area (Å²) in [6.07, 6.45) is 2.23. The lowest BCUT2D eigenvalue weighted by molar-refractivity contribution is 0.0601. The molecule has 1 aliphatic rings. The van der Waals surface area contributed by atoms with E-state index >= 15 is 0 Å². The number of ether oxygens (including phenoxy) is 1. The molecule has 110 valence electrons. The quantitative estimate of drug-likeness (QED) is 0.867. The number of hydrogen-bond acceptors (Lipinski definition) is 4. The van der Waals surface area contributed by atoms with Crippen LogP contribution in [0.2, 0.25) is 5.02 Å². The van der Waals surface area contributed by atoms with Gasteiger partial charge in [-0.05, 0) is 37.6 Å². The van der Waals surface area contributed by atoms with Gasteiger partial charge in [0.15, 0.2) is 0 Å². The molecule has 20 heavy (non-hydrogen) atoms. The van der Waals surface area contributed by atoms with Crippen molar-refractivity contribution in [2.24, 2.45) is 0 Å². The Hall–Kier alpha value is -1.26. The van der Waals surface area contributed by atoms with Crippen molar-refractivity contribution in [2.45, 2.75) is 25.8 Å². The number of halogens is 1. The molecular weight excluding hydrogens is 276 g/mol. The molecule has 5 heteroatoms. The summed E-state index contributed by atoms with van der Waals surface area (Å²) in [6, 6.07) is 5.85. The highest BCUT2D eigenvalue weighted by Gasteiger charge is 2.18. The molecule has 0 bridgehead atoms. The Bertz CT molecular complexity index is 471. The third-order valence-corrected chi connectivity index (χ3v) is 4.11. The number of anilines is 1. The van der Waals surface area contributed by atoms with E-state index in [9.17, 15) is 4.79 Å². The van der Waals surface area contributed by atoms with Crippen LogP contribution < -0.4 is 5.32 Å². The molecule has 4 nitrogen and oxygen atoms in total. The van der Waals surface area contributed by atoms with Gasteiger partial charge in [0.25, 0.3) is 0 Å². The Morgan fingerprint density at radius 3 is 2.75 bits per heavy atom. The number of hydrogen-bond donors (Lipinski definition) is 1. The van der Waals surface area contributed by atoms with Gasteiger partial charge in [0.1, 0.15) is 0 Å². The molecule has 1 N–H and O–H groups in total. The van der Waals surface area contributed by atoms with Crippen LogP contribution >= 0.6 is 11.6 Å². The molecule has 0 aromatic heterocycles. The summed E-state index contributed by atoms with van der Waals surface area (Å²) in [7, 11) is 1.36. The van der Waals surface area contributed by atoms with Gasteiger partial charge in [-0.1, -0.05) is 18.5 Å². The molecule has 0 amide bonds. The van der Waals surface area contributed by atoms with Gasteiger partial charge in [0.2, 0.25) is 0 Å². The molecule has 1 aromatic carbocycles. The van der Waals surface area contributed by atoms with E-state index in [-0.39, 0.29) is 0 Å². The van der Waals surface area contributed by atoms with Crippen molar-refractivity contribution in [1.82, 2.24) is 4.90 Å². The molecule has 0 atom stereocenters. The first kappa shape index (κ1) is 15.1. The molecule has 0 spiro atoms. The Balaban J connectivity index is 2.01. The molecule has 1 aromatic rings. The highest BCUT2D eigenvalue weighted by atomic mass is 35.5. The maximum atomic E-state index is 11.6. The van der Waals surface area contributed by atoms with Crippen LogP contribution in [0.25, 0.3) is 0 Å². The number of methoxy groups -OCH3 is 1. The van der Waals surface area contributed by atoms with E-state index in [1.165, 1.54) is 7.11 Å². The molecule has 2 rings (SSSR count). The van der Waals surface area contributed by atoms with Crippen LogP contribution in [0.3, 0.4) is 0 Å². The number of carbonyl (C=O) groups excluding carboxylic acids is 1. The Labute approximate surface area is 125 Å². The average Bonchev–Trinajstić information content (AvgIpc) is 2.49. The van der Waals surface area contributed by atoms with Crippen molar-refractivity contribution >= 4 is 23.3 Å². The van der Waals surface area contributed by atoms with Gasteiger partial charge in [-0.25, -0.2) is 4.79 Å². The zero-order valence-electron chi connectivity index (χ0n) is 12.0. The summed E-state index contributed by atoms with van der Waals surface area (Å²) < 4.78 is 4.73. The van der Waals surface area contributed by atoms with E-state index in [0.717, 1.165) is 38.2 Å². The van der Waals surface area contributed by atoms with E-state index < -0.39 is 5.97 Å². The van der Waals surface area contributed by atoms with Gasteiger partial charge in [0.05, 0.1) is 17.7 Å². The predicted molar refractivity (Wildman–Crippen MR) is 81.6 cm³/mol. The fraction of sp³-hybridized carbons (Fsp3) is 0.533. The topological polar surface area (TPSA) is 41.6 Å². The average molecular weight is 297 g/mol. The van der Waals surface area contributed by atoms with E-state index in [0.29, 0.717) is 16.6 Å². The minimum atomic E-state index is -0.403. The van der Waals surface area contributed by atoms with E-state index in [4.69, 9.17) is 16.3 Å². The lowest BCUT2D eigenvalue weighted by Crippen LogP contribution is -2.38. The zero-order valence-corrected chi connectivity index (χ0v) is 12.7. The van der Waals surface area contributed by atoms with Crippen molar-refractivity contribution in [3.8, 4) is 0 Å². The van der Waals surface area contributed by atoms with Gasteiger partial charge in [-0.3, -0.25) is 0 Å². The lowest BCUT2D eigenvalue weighted by atomic mass is 10.0. The molecule has 0 saturated carbocycles. The number of rotatable bonds is 4. The van der Waals surface area contributed by atoms with Gasteiger partial charge in [0, 0.05) is 24.8 Å². The number of likely N-dealkylation sites (tertiary alicyclic amines) is 1. The SMILES string of the molecule is CCN1CCC(Nc2ccc(Cl)c(C(=O)OC)c2)CC1. The first-order valence-corrected chi connectivity index (χ1v) is 7.38. The van der Waals surface area contributed by atoms with Gasteiger partial charge in [-0.2, -0.15) is 0 Å². The molecule has 0 unspecified atom stereocenters. The lowest BCUT2D eigenvalue weighted by Gasteiger charge is -2.32. The zero-order chi connectivity index (χ0) is 14.5. The highest BCUT2D eigenvalue weighted by molar-refractivity contribution is 6.33. The molecular formula is C15H21ClN2O2. The van der Waals surface area contributed by atoms with Crippen LogP contribution in [0, 0.1) is 0 Å². The second kappa shape index (κ2) is 6.95. The molecule has 1 fully saturated rings. The number of carbonyl (C=O) groups is 1. The fourth-order valence-electron chi connectivity index (χ4n) is 2.51. The highest BCUT2D eigenvalue weighted by Crippen LogP contribution is 2.23. The third kappa shape index (κ3) is 3.64. The third-order valence-electron chi connectivity index (χ3n) is 3.78. The van der Waals surface area contributed by atoms with Crippen molar-refractivity contribution in [1.29, 1.82) is 0 Å². The van der Waals surface area contributed by atoms with Crippen LogP contribution in [0.1, 0.15) is 30.1 Å². The minimum absolute atomic E-state index is 0.403. The second-order valence-corrected chi connectivity index (χ2v) is 5.45. The number of nitrogens with zero attached hydrogens (tertiary/aromatic N) is 1. The van der Waals surface area contributed by atoms with Gasteiger partial charge >= 0.3 is 5.97 Å². The normalized spacial score (nSPS) is 16.9. The fourth-order valence-corrected chi connectivity index (χ4v) is 2.71. The monoisotopic (exact) mass is 296 g/mol. The molecule has 0 aliphatic carbocycles. The van der Waals surface area contributed by atoms with Crippen LogP contribution in [-0.4, -0.2) is 43.7 Å². The van der Waals surface area contributed by atoms with Crippen LogP contribution in [0.4, 0.5) is 5.69 Å². The number of benzene rings is 1. The molecule has 1 aliphatic heterocycles. The van der Waals surface area contributed by atoms with Crippen molar-refractivity contribution in [3.63, 3.8) is 0 Å². The summed E-state index contributed by atoms with van der Waals surface area (Å²) >= 11 is 6.02. The largest absolute Gasteiger partial charge is 0.465 e. The first-order valence-electron chi connectivity index (χ1n) is 7.00. The molecule has 0 radical (unpaired) electrons. The Morgan fingerprint density at radius 1 is 1.45 bits per heavy atom. The van der Waals surface area contributed by atoms with Crippen molar-refractivity contribution in [2.75, 3.05) is 32.1 Å². The Kier molecular flexibility index (Phi) is 5.26. The van der Waals surface area contributed by atoms with E-state index in [2.05, 4.69) is 17.1 Å². The number of piperidine rings is 1. The summed E-state index contributed by atoms with van der Waals surface area (Å²) in [4.78, 5) is 14.1. The number of esters is 1. The van der Waals surface area contributed by atoms with Gasteiger partial charge < -0.3 is 15.0 Å². The summed E-state index contributed by atoms with van der Waals surface area (Å²) in [5, 5.41) is 3.90. The maximum Gasteiger partial charge on any atom is 0.339 e. The van der Waals surface area contributed by atoms with Crippen LogP contribution in [0.15, 0.2) is 18.2 Å². The van der Waals surface area contributed by atoms with Crippen molar-refractivity contribution < 1.29 is 9.53 Å². The molecule has 1 heterocycles. The minimum Gasteiger partial charge on any atom is -0.465 e. The summed E-state index contributed by atoms with van der Waals surface area (Å²) in [5.74, 6) is -0.403. The first-order chi connectivity index (χ1) is 9.63. The standard InChI is InChI=1S/C15H21ClN2O2/c1-3-18-8-6-11(7-9-18)17-12-4-5-14(16)13(10-12)15(19)20-2/h4-5,10-11,17H,3,6-9H2,1-2H3. The maximum absolute atomic E-state index is 11.6. The molecule has 1 saturated heterocycles. The van der Waals surface area contributed by atoms with Gasteiger partial charge in [-0.15, -0.1) is 0 Å². The second-order valence-electron chi connectivity index (χ2n) is 5.04. The van der Waals surface area contributed by atoms with Crippen molar-refractivity contribution in [3.05, 3.63) is 28.8 Å². The Morgan fingerprint density at radius 2 is 2.15 bits per heavy atom. The number of nitrogens with one attached hydrogen (secondary N) is 1. The van der Waals surface area contributed by atoms with Crippen LogP contribution in [0.5, 0.6) is 0 Å². The smallest absolute Gasteiger partial charge is 0.339 e. The predicted octanol–water partition coefficient (Wildman–Crippen LogP) is 3.02. The van der Waals surface area contributed by atoms with Crippen LogP contribution in [-0.2, 0) is 4.74 Å². The van der Waals surface area contributed by atoms with E-state index in [1.54, 1.807) is 12.1 Å². The summed E-state index contributed by atoms with van der Waals surface area (Å²) in [5.41, 5.74) is 1.33. The summed E-state index contributed by atoms with van der Waals surface area (Å²) in [6.45, 7) is 5.53. The van der Waals surface area contributed by atoms with E-state index in [1.807, 2.05) is 6.07 Å².